The summed E-state index contributed by atoms with van der Waals surface area (Å²) in [5, 5.41) is 0. The minimum atomic E-state index is -0.170. The first-order valence-electron chi connectivity index (χ1n) is 6.57. The normalized spacial score (nSPS) is 16.6. The van der Waals surface area contributed by atoms with Crippen molar-refractivity contribution in [1.29, 1.82) is 0 Å². The molecule has 0 atom stereocenters. The molecule has 0 spiro atoms. The van der Waals surface area contributed by atoms with Crippen molar-refractivity contribution in [3.8, 4) is 0 Å². The molecule has 4 nitrogen and oxygen atoms in total. The van der Waals surface area contributed by atoms with E-state index in [0.29, 0.717) is 6.54 Å². The van der Waals surface area contributed by atoms with E-state index in [1.54, 1.807) is 11.8 Å². The van der Waals surface area contributed by atoms with E-state index < -0.39 is 0 Å². The highest BCUT2D eigenvalue weighted by molar-refractivity contribution is 7.98. The van der Waals surface area contributed by atoms with Gasteiger partial charge in [-0.05, 0) is 31.2 Å². The van der Waals surface area contributed by atoms with E-state index in [1.807, 2.05) is 0 Å². The van der Waals surface area contributed by atoms with Gasteiger partial charge >= 0.3 is 0 Å². The number of carbonyl (C=O) groups excluding carboxylic acids is 1. The van der Waals surface area contributed by atoms with Crippen LogP contribution in [-0.4, -0.2) is 25.3 Å². The Labute approximate surface area is 118 Å². The molecule has 19 heavy (non-hydrogen) atoms. The number of primary amides is 1. The fourth-order valence-corrected chi connectivity index (χ4v) is 3.30. The molecule has 0 bridgehead atoms. The lowest BCUT2D eigenvalue weighted by molar-refractivity contribution is -0.122. The average molecular weight is 279 g/mol. The number of piperidine rings is 1. The zero-order chi connectivity index (χ0) is 13.8. The van der Waals surface area contributed by atoms with Crippen molar-refractivity contribution in [2.75, 3.05) is 24.2 Å². The van der Waals surface area contributed by atoms with E-state index in [4.69, 9.17) is 11.5 Å². The van der Waals surface area contributed by atoms with Gasteiger partial charge in [-0.25, -0.2) is 0 Å². The fourth-order valence-electron chi connectivity index (χ4n) is 2.65. The van der Waals surface area contributed by atoms with E-state index in [9.17, 15) is 4.79 Å². The quantitative estimate of drug-likeness (QED) is 0.821. The summed E-state index contributed by atoms with van der Waals surface area (Å²) in [7, 11) is 0. The number of anilines is 1. The smallest absolute Gasteiger partial charge is 0.220 e. The molecule has 1 aromatic rings. The van der Waals surface area contributed by atoms with Crippen LogP contribution < -0.4 is 16.4 Å². The summed E-state index contributed by atoms with van der Waals surface area (Å²) in [5.41, 5.74) is 13.7. The van der Waals surface area contributed by atoms with Crippen molar-refractivity contribution in [2.45, 2.75) is 24.3 Å². The molecule has 5 heteroatoms. The largest absolute Gasteiger partial charge is 0.371 e. The van der Waals surface area contributed by atoms with Gasteiger partial charge in [-0.15, -0.1) is 11.8 Å². The maximum Gasteiger partial charge on any atom is 0.220 e. The SMILES string of the molecule is CSc1cccc(N2CCC(C(N)=O)CC2)c1CN. The third-order valence-corrected chi connectivity index (χ3v) is 4.59. The number of nitrogens with two attached hydrogens (primary N) is 2. The van der Waals surface area contributed by atoms with Crippen molar-refractivity contribution in [1.82, 2.24) is 0 Å². The molecule has 0 aromatic heterocycles. The number of rotatable bonds is 4. The monoisotopic (exact) mass is 279 g/mol. The lowest BCUT2D eigenvalue weighted by atomic mass is 9.95. The second kappa shape index (κ2) is 6.30. The Kier molecular flexibility index (Phi) is 4.71. The molecule has 0 radical (unpaired) electrons. The van der Waals surface area contributed by atoms with Crippen molar-refractivity contribution in [3.05, 3.63) is 23.8 Å². The third kappa shape index (κ3) is 3.04. The summed E-state index contributed by atoms with van der Waals surface area (Å²) in [6, 6.07) is 6.29. The number of hydrogen-bond donors (Lipinski definition) is 2. The predicted octanol–water partition coefficient (Wildman–Crippen LogP) is 1.57. The van der Waals surface area contributed by atoms with Crippen molar-refractivity contribution in [3.63, 3.8) is 0 Å². The lowest BCUT2D eigenvalue weighted by Gasteiger charge is -2.34. The van der Waals surface area contributed by atoms with Crippen LogP contribution in [-0.2, 0) is 11.3 Å². The Hall–Kier alpha value is -1.20. The third-order valence-electron chi connectivity index (χ3n) is 3.77. The molecule has 1 aromatic carbocycles. The zero-order valence-electron chi connectivity index (χ0n) is 11.3. The number of amides is 1. The van der Waals surface area contributed by atoms with Gasteiger partial charge in [0.15, 0.2) is 0 Å². The minimum Gasteiger partial charge on any atom is -0.371 e. The van der Waals surface area contributed by atoms with E-state index in [2.05, 4.69) is 29.4 Å². The molecular weight excluding hydrogens is 258 g/mol. The van der Waals surface area contributed by atoms with E-state index >= 15 is 0 Å². The summed E-state index contributed by atoms with van der Waals surface area (Å²) in [5.74, 6) is -0.141. The van der Waals surface area contributed by atoms with Crippen molar-refractivity contribution < 1.29 is 4.79 Å². The number of carbonyl (C=O) groups is 1. The fraction of sp³-hybridized carbons (Fsp3) is 0.500. The first-order valence-corrected chi connectivity index (χ1v) is 7.80. The maximum atomic E-state index is 11.2. The first kappa shape index (κ1) is 14.2. The summed E-state index contributed by atoms with van der Waals surface area (Å²) in [4.78, 5) is 14.8. The van der Waals surface area contributed by atoms with Crippen LogP contribution in [0.2, 0.25) is 0 Å². The van der Waals surface area contributed by atoms with Gasteiger partial charge in [0.1, 0.15) is 0 Å². The summed E-state index contributed by atoms with van der Waals surface area (Å²) >= 11 is 1.72. The Morgan fingerprint density at radius 3 is 2.63 bits per heavy atom. The number of benzene rings is 1. The molecule has 1 aliphatic heterocycles. The predicted molar refractivity (Wildman–Crippen MR) is 80.2 cm³/mol. The van der Waals surface area contributed by atoms with Gasteiger partial charge < -0.3 is 16.4 Å². The van der Waals surface area contributed by atoms with Crippen LogP contribution >= 0.6 is 11.8 Å². The molecule has 4 N–H and O–H groups in total. The molecule has 0 saturated carbocycles. The van der Waals surface area contributed by atoms with Crippen LogP contribution in [0.3, 0.4) is 0 Å². The topological polar surface area (TPSA) is 72.3 Å². The number of nitrogens with zero attached hydrogens (tertiary/aromatic N) is 1. The van der Waals surface area contributed by atoms with Crippen LogP contribution in [0.5, 0.6) is 0 Å². The molecule has 0 unspecified atom stereocenters. The van der Waals surface area contributed by atoms with Crippen molar-refractivity contribution >= 4 is 23.4 Å². The van der Waals surface area contributed by atoms with Gasteiger partial charge in [0.25, 0.3) is 0 Å². The second-order valence-corrected chi connectivity index (χ2v) is 5.67. The molecular formula is C14H21N3OS. The molecule has 1 amide bonds. The molecule has 1 fully saturated rings. The molecule has 1 heterocycles. The summed E-state index contributed by atoms with van der Waals surface area (Å²) in [6.45, 7) is 2.29. The van der Waals surface area contributed by atoms with Gasteiger partial charge in [-0.3, -0.25) is 4.79 Å². The zero-order valence-corrected chi connectivity index (χ0v) is 12.1. The summed E-state index contributed by atoms with van der Waals surface area (Å²) < 4.78 is 0. The molecule has 2 rings (SSSR count). The van der Waals surface area contributed by atoms with Gasteiger partial charge in [-0.2, -0.15) is 0 Å². The Bertz CT molecular complexity index is 456. The number of thioether (sulfide) groups is 1. The second-order valence-electron chi connectivity index (χ2n) is 4.83. The highest BCUT2D eigenvalue weighted by atomic mass is 32.2. The minimum absolute atomic E-state index is 0.0290. The molecule has 104 valence electrons. The first-order chi connectivity index (χ1) is 9.17. The van der Waals surface area contributed by atoms with E-state index in [0.717, 1.165) is 25.9 Å². The van der Waals surface area contributed by atoms with Crippen molar-refractivity contribution in [2.24, 2.45) is 17.4 Å². The molecule has 1 aliphatic rings. The highest BCUT2D eigenvalue weighted by Crippen LogP contribution is 2.31. The Morgan fingerprint density at radius 1 is 1.42 bits per heavy atom. The lowest BCUT2D eigenvalue weighted by Crippen LogP contribution is -2.39. The van der Waals surface area contributed by atoms with Gasteiger partial charge in [0.05, 0.1) is 0 Å². The van der Waals surface area contributed by atoms with Crippen LogP contribution in [0.15, 0.2) is 23.1 Å². The van der Waals surface area contributed by atoms with Crippen LogP contribution in [0, 0.1) is 5.92 Å². The van der Waals surface area contributed by atoms with Crippen LogP contribution in [0.25, 0.3) is 0 Å². The Balaban J connectivity index is 2.17. The number of hydrogen-bond acceptors (Lipinski definition) is 4. The summed E-state index contributed by atoms with van der Waals surface area (Å²) in [6.07, 6.45) is 3.74. The molecule has 0 aliphatic carbocycles. The van der Waals surface area contributed by atoms with E-state index in [-0.39, 0.29) is 11.8 Å². The van der Waals surface area contributed by atoms with E-state index in [1.165, 1.54) is 16.1 Å². The average Bonchev–Trinajstić information content (AvgIpc) is 2.46. The standard InChI is InChI=1S/C14H21N3OS/c1-19-13-4-2-3-12(11(13)9-15)17-7-5-10(6-8-17)14(16)18/h2-4,10H,5-9,15H2,1H3,(H2,16,18). The van der Waals surface area contributed by atoms with Crippen LogP contribution in [0.1, 0.15) is 18.4 Å². The van der Waals surface area contributed by atoms with Crippen LogP contribution in [0.4, 0.5) is 5.69 Å². The Morgan fingerprint density at radius 2 is 2.11 bits per heavy atom. The highest BCUT2D eigenvalue weighted by Gasteiger charge is 2.24. The molecule has 1 saturated heterocycles. The van der Waals surface area contributed by atoms with Gasteiger partial charge in [-0.1, -0.05) is 6.07 Å². The van der Waals surface area contributed by atoms with Gasteiger partial charge in [0, 0.05) is 41.7 Å². The van der Waals surface area contributed by atoms with Gasteiger partial charge in [0.2, 0.25) is 5.91 Å². The maximum absolute atomic E-state index is 11.2.